The monoisotopic (exact) mass is 497 g/mol. The van der Waals surface area contributed by atoms with Crippen molar-refractivity contribution >= 4 is 47.2 Å². The van der Waals surface area contributed by atoms with Gasteiger partial charge in [0.2, 0.25) is 5.91 Å². The van der Waals surface area contributed by atoms with Gasteiger partial charge in [0.25, 0.3) is 5.91 Å². The van der Waals surface area contributed by atoms with Gasteiger partial charge in [-0.15, -0.1) is 23.4 Å². The fourth-order valence-electron chi connectivity index (χ4n) is 3.42. The Morgan fingerprint density at radius 2 is 1.91 bits per heavy atom. The number of phenolic OH excluding ortho intramolecular Hbond substituents is 1. The van der Waals surface area contributed by atoms with Gasteiger partial charge >= 0.3 is 12.1 Å². The summed E-state index contributed by atoms with van der Waals surface area (Å²) in [5, 5.41) is 23.5. The number of phenols is 1. The molecule has 1 unspecified atom stereocenters. The minimum absolute atomic E-state index is 0.0229. The van der Waals surface area contributed by atoms with Crippen molar-refractivity contribution in [1.82, 2.24) is 15.5 Å². The van der Waals surface area contributed by atoms with E-state index in [-0.39, 0.29) is 17.3 Å². The van der Waals surface area contributed by atoms with E-state index in [0.29, 0.717) is 16.9 Å². The number of hydrogen-bond donors (Lipinski definition) is 4. The van der Waals surface area contributed by atoms with Gasteiger partial charge in [0, 0.05) is 11.6 Å². The number of alkyl carbamates (subject to hydrolysis) is 1. The Morgan fingerprint density at radius 3 is 2.45 bits per heavy atom. The van der Waals surface area contributed by atoms with Gasteiger partial charge in [-0.05, 0) is 44.0 Å². The normalized spacial score (nSPS) is 21.0. The molecule has 1 aromatic carbocycles. The maximum atomic E-state index is 13.1. The number of hydrogen-bond acceptors (Lipinski definition) is 7. The number of carbonyl (C=O) groups excluding carboxylic acids is 3. The molecule has 2 aliphatic rings. The molecule has 0 spiro atoms. The Hall–Kier alpha value is -2.92. The summed E-state index contributed by atoms with van der Waals surface area (Å²) in [5.41, 5.74) is -0.182. The van der Waals surface area contributed by atoms with Crippen LogP contribution < -0.4 is 10.6 Å². The van der Waals surface area contributed by atoms with Crippen LogP contribution in [0, 0.1) is 0 Å². The van der Waals surface area contributed by atoms with Crippen molar-refractivity contribution in [3.05, 3.63) is 41.1 Å². The molecule has 1 saturated heterocycles. The van der Waals surface area contributed by atoms with Crippen LogP contribution in [0.15, 0.2) is 35.5 Å². The first-order valence-corrected chi connectivity index (χ1v) is 11.6. The van der Waals surface area contributed by atoms with Crippen LogP contribution in [0.5, 0.6) is 5.75 Å². The summed E-state index contributed by atoms with van der Waals surface area (Å²) in [6.45, 7) is 5.02. The van der Waals surface area contributed by atoms with Crippen molar-refractivity contribution in [1.29, 1.82) is 0 Å². The first kappa shape index (κ1) is 24.7. The van der Waals surface area contributed by atoms with E-state index in [2.05, 4.69) is 10.6 Å². The first-order valence-electron chi connectivity index (χ1n) is 9.97. The van der Waals surface area contributed by atoms with Gasteiger partial charge in [-0.3, -0.25) is 14.5 Å². The van der Waals surface area contributed by atoms with E-state index >= 15 is 0 Å². The Bertz CT molecular complexity index is 1010. The van der Waals surface area contributed by atoms with Crippen LogP contribution in [0.4, 0.5) is 4.79 Å². The van der Waals surface area contributed by atoms with Gasteiger partial charge in [0.15, 0.2) is 0 Å². The van der Waals surface area contributed by atoms with Gasteiger partial charge in [-0.2, -0.15) is 0 Å². The lowest BCUT2D eigenvalue weighted by Crippen LogP contribution is -2.71. The van der Waals surface area contributed by atoms with Crippen molar-refractivity contribution in [2.24, 2.45) is 0 Å². The molecule has 3 atom stereocenters. The third kappa shape index (κ3) is 5.36. The van der Waals surface area contributed by atoms with Crippen molar-refractivity contribution < 1.29 is 34.1 Å². The summed E-state index contributed by atoms with van der Waals surface area (Å²) < 4.78 is 5.24. The lowest BCUT2D eigenvalue weighted by molar-refractivity contribution is -0.151. The van der Waals surface area contributed by atoms with Gasteiger partial charge < -0.3 is 25.6 Å². The van der Waals surface area contributed by atoms with E-state index in [1.165, 1.54) is 36.0 Å². The number of carboxylic acids is 1. The highest BCUT2D eigenvalue weighted by molar-refractivity contribution is 8.00. The van der Waals surface area contributed by atoms with E-state index in [0.717, 1.165) is 4.90 Å². The summed E-state index contributed by atoms with van der Waals surface area (Å²) in [4.78, 5) is 51.0. The molecule has 3 amide bonds. The predicted octanol–water partition coefficient (Wildman–Crippen LogP) is 1.94. The number of β-lactam (4-membered cyclic amide) rings is 1. The summed E-state index contributed by atoms with van der Waals surface area (Å²) in [5.74, 6) is -2.27. The summed E-state index contributed by atoms with van der Waals surface area (Å²) in [7, 11) is 0. The highest BCUT2D eigenvalue weighted by Gasteiger charge is 2.54. The van der Waals surface area contributed by atoms with Crippen LogP contribution in [0.2, 0.25) is 0 Å². The number of carbonyl (C=O) groups is 4. The smallest absolute Gasteiger partial charge is 0.408 e. The van der Waals surface area contributed by atoms with E-state index in [1.54, 1.807) is 20.8 Å². The number of fused-ring (bicyclic) bond motifs is 1. The zero-order chi connectivity index (χ0) is 24.5. The fourth-order valence-corrected chi connectivity index (χ4v) is 5.09. The molecule has 0 saturated carbocycles. The maximum absolute atomic E-state index is 13.1. The Kier molecular flexibility index (Phi) is 7.13. The summed E-state index contributed by atoms with van der Waals surface area (Å²) in [6.07, 6.45) is -0.841. The maximum Gasteiger partial charge on any atom is 0.408 e. The van der Waals surface area contributed by atoms with Crippen molar-refractivity contribution in [3.8, 4) is 5.75 Å². The number of ether oxygens (including phenoxy) is 1. The molecule has 2 heterocycles. The largest absolute Gasteiger partial charge is 0.508 e. The standard InChI is InChI=1S/C21H24ClN3O7S/c1-21(2,3)32-20(31)24-13(10-4-6-12(26)7-5-10)16(27)23-14-17(28)25-15(19(29)30)11(8-22)9-33-18(14)25/h4-7,13-14,18,26H,8-9H2,1-3H3,(H,23,27)(H,24,31)(H,29,30)/t13-,14?,18-/m1/s1. The van der Waals surface area contributed by atoms with Crippen LogP contribution in [0.1, 0.15) is 32.4 Å². The molecule has 12 heteroatoms. The zero-order valence-corrected chi connectivity index (χ0v) is 19.7. The third-order valence-electron chi connectivity index (χ3n) is 4.86. The van der Waals surface area contributed by atoms with Crippen LogP contribution in [0.25, 0.3) is 0 Å². The number of nitrogens with zero attached hydrogens (tertiary/aromatic N) is 1. The topological polar surface area (TPSA) is 145 Å². The molecule has 178 valence electrons. The molecule has 2 aliphatic heterocycles. The first-order chi connectivity index (χ1) is 15.4. The van der Waals surface area contributed by atoms with Crippen molar-refractivity contribution in [2.75, 3.05) is 11.6 Å². The number of aromatic hydroxyl groups is 1. The third-order valence-corrected chi connectivity index (χ3v) is 6.52. The van der Waals surface area contributed by atoms with Gasteiger partial charge in [-0.25, -0.2) is 9.59 Å². The Labute approximate surface area is 199 Å². The number of alkyl halides is 1. The molecule has 0 aromatic heterocycles. The van der Waals surface area contributed by atoms with E-state index in [4.69, 9.17) is 16.3 Å². The number of aliphatic carboxylic acids is 1. The Balaban J connectivity index is 1.79. The lowest BCUT2D eigenvalue weighted by Gasteiger charge is -2.49. The Morgan fingerprint density at radius 1 is 1.27 bits per heavy atom. The average Bonchev–Trinajstić information content (AvgIpc) is 2.73. The molecule has 1 aromatic rings. The molecule has 0 aliphatic carbocycles. The predicted molar refractivity (Wildman–Crippen MR) is 121 cm³/mol. The molecule has 10 nitrogen and oxygen atoms in total. The number of amides is 3. The minimum Gasteiger partial charge on any atom is -0.508 e. The highest BCUT2D eigenvalue weighted by atomic mass is 35.5. The molecular formula is C21H24ClN3O7S. The number of benzene rings is 1. The quantitative estimate of drug-likeness (QED) is 0.344. The number of nitrogens with one attached hydrogen (secondary N) is 2. The number of carboxylic acid groups (broad SMARTS) is 1. The van der Waals surface area contributed by atoms with E-state index < -0.39 is 46.9 Å². The van der Waals surface area contributed by atoms with E-state index in [1.807, 2.05) is 0 Å². The molecular weight excluding hydrogens is 474 g/mol. The second-order valence-electron chi connectivity index (χ2n) is 8.46. The summed E-state index contributed by atoms with van der Waals surface area (Å²) >= 11 is 7.12. The molecule has 4 N–H and O–H groups in total. The molecule has 1 fully saturated rings. The van der Waals surface area contributed by atoms with E-state index in [9.17, 15) is 29.4 Å². The highest BCUT2D eigenvalue weighted by Crippen LogP contribution is 2.40. The van der Waals surface area contributed by atoms with Gasteiger partial charge in [0.05, 0.1) is 0 Å². The number of halogens is 1. The van der Waals surface area contributed by atoms with Crippen molar-refractivity contribution in [2.45, 2.75) is 43.8 Å². The number of thioether (sulfide) groups is 1. The average molecular weight is 498 g/mol. The second kappa shape index (κ2) is 9.52. The van der Waals surface area contributed by atoms with Crippen molar-refractivity contribution in [3.63, 3.8) is 0 Å². The van der Waals surface area contributed by atoms with Crippen LogP contribution >= 0.6 is 23.4 Å². The molecule has 0 bridgehead atoms. The van der Waals surface area contributed by atoms with Crippen LogP contribution in [-0.2, 0) is 19.1 Å². The lowest BCUT2D eigenvalue weighted by atomic mass is 10.0. The fraction of sp³-hybridized carbons (Fsp3) is 0.429. The second-order valence-corrected chi connectivity index (χ2v) is 9.83. The SMILES string of the molecule is CC(C)(C)OC(=O)N[C@@H](C(=O)NC1C(=O)N2C(C(=O)O)=C(CCl)CS[C@H]12)c1ccc(O)cc1. The minimum atomic E-state index is -1.26. The molecule has 3 rings (SSSR count). The zero-order valence-electron chi connectivity index (χ0n) is 18.1. The van der Waals surface area contributed by atoms with Crippen LogP contribution in [-0.4, -0.2) is 67.6 Å². The van der Waals surface area contributed by atoms with Gasteiger partial charge in [0.1, 0.15) is 34.5 Å². The molecule has 33 heavy (non-hydrogen) atoms. The van der Waals surface area contributed by atoms with Gasteiger partial charge in [-0.1, -0.05) is 12.1 Å². The van der Waals surface area contributed by atoms with Crippen LogP contribution in [0.3, 0.4) is 0 Å². The molecule has 0 radical (unpaired) electrons. The number of rotatable bonds is 6. The summed E-state index contributed by atoms with van der Waals surface area (Å²) in [6, 6.07) is 3.44.